The van der Waals surface area contributed by atoms with E-state index in [-0.39, 0.29) is 0 Å². The lowest BCUT2D eigenvalue weighted by Gasteiger charge is -2.15. The Bertz CT molecular complexity index is 275. The Morgan fingerprint density at radius 3 is 2.71 bits per heavy atom. The van der Waals surface area contributed by atoms with E-state index in [0.717, 1.165) is 10.9 Å². The SMILES string of the molecule is CSC(C)CNC(C)c1ccc(Cl)s1. The van der Waals surface area contributed by atoms with Gasteiger partial charge in [0.2, 0.25) is 0 Å². The summed E-state index contributed by atoms with van der Waals surface area (Å²) in [7, 11) is 0. The average molecular weight is 250 g/mol. The lowest BCUT2D eigenvalue weighted by atomic mass is 10.2. The minimum absolute atomic E-state index is 0.405. The molecule has 0 saturated heterocycles. The smallest absolute Gasteiger partial charge is 0.0931 e. The van der Waals surface area contributed by atoms with E-state index in [4.69, 9.17) is 11.6 Å². The highest BCUT2D eigenvalue weighted by Gasteiger charge is 2.08. The molecule has 1 aromatic heterocycles. The minimum Gasteiger partial charge on any atom is -0.308 e. The monoisotopic (exact) mass is 249 g/mol. The van der Waals surface area contributed by atoms with Gasteiger partial charge in [-0.2, -0.15) is 11.8 Å². The topological polar surface area (TPSA) is 12.0 Å². The number of thioether (sulfide) groups is 1. The quantitative estimate of drug-likeness (QED) is 0.852. The van der Waals surface area contributed by atoms with Crippen LogP contribution in [0.5, 0.6) is 0 Å². The first-order valence-electron chi connectivity index (χ1n) is 4.65. The van der Waals surface area contributed by atoms with Crippen molar-refractivity contribution in [2.45, 2.75) is 25.1 Å². The standard InChI is InChI=1S/C10H16ClNS2/c1-7(13-3)6-12-8(2)9-4-5-10(11)14-9/h4-5,7-8,12H,6H2,1-3H3. The van der Waals surface area contributed by atoms with E-state index < -0.39 is 0 Å². The Kier molecular flexibility index (Phi) is 5.31. The van der Waals surface area contributed by atoms with Gasteiger partial charge in [-0.15, -0.1) is 11.3 Å². The Balaban J connectivity index is 2.39. The molecule has 1 rings (SSSR count). The second kappa shape index (κ2) is 6.01. The summed E-state index contributed by atoms with van der Waals surface area (Å²) >= 11 is 9.41. The van der Waals surface area contributed by atoms with Crippen LogP contribution in [-0.2, 0) is 0 Å². The summed E-state index contributed by atoms with van der Waals surface area (Å²) in [6.45, 7) is 5.44. The van der Waals surface area contributed by atoms with Crippen LogP contribution in [0, 0.1) is 0 Å². The van der Waals surface area contributed by atoms with Crippen molar-refractivity contribution in [2.75, 3.05) is 12.8 Å². The van der Waals surface area contributed by atoms with Crippen molar-refractivity contribution in [3.05, 3.63) is 21.3 Å². The van der Waals surface area contributed by atoms with Crippen LogP contribution in [-0.4, -0.2) is 18.1 Å². The highest BCUT2D eigenvalue weighted by molar-refractivity contribution is 7.99. The molecule has 2 atom stereocenters. The number of halogens is 1. The summed E-state index contributed by atoms with van der Waals surface area (Å²) in [6.07, 6.45) is 2.14. The zero-order valence-electron chi connectivity index (χ0n) is 8.71. The summed E-state index contributed by atoms with van der Waals surface area (Å²) in [6, 6.07) is 4.45. The highest BCUT2D eigenvalue weighted by atomic mass is 35.5. The van der Waals surface area contributed by atoms with Crippen molar-refractivity contribution in [1.29, 1.82) is 0 Å². The van der Waals surface area contributed by atoms with E-state index >= 15 is 0 Å². The molecule has 1 heterocycles. The molecule has 1 nitrogen and oxygen atoms in total. The van der Waals surface area contributed by atoms with Crippen molar-refractivity contribution in [1.82, 2.24) is 5.32 Å². The van der Waals surface area contributed by atoms with Gasteiger partial charge in [0, 0.05) is 22.7 Å². The molecule has 0 aliphatic rings. The van der Waals surface area contributed by atoms with Crippen LogP contribution < -0.4 is 5.32 Å². The Labute approximate surface area is 99.2 Å². The number of nitrogens with one attached hydrogen (secondary N) is 1. The van der Waals surface area contributed by atoms with E-state index in [0.29, 0.717) is 11.3 Å². The van der Waals surface area contributed by atoms with E-state index in [1.54, 1.807) is 11.3 Å². The summed E-state index contributed by atoms with van der Waals surface area (Å²) in [5.74, 6) is 0. The molecule has 0 fully saturated rings. The first-order valence-corrected chi connectivity index (χ1v) is 7.13. The number of hydrogen-bond donors (Lipinski definition) is 1. The second-order valence-corrected chi connectivity index (χ2v) is 6.34. The molecule has 0 aromatic carbocycles. The van der Waals surface area contributed by atoms with Crippen molar-refractivity contribution in [2.24, 2.45) is 0 Å². The fourth-order valence-electron chi connectivity index (χ4n) is 1.09. The third-order valence-electron chi connectivity index (χ3n) is 2.13. The van der Waals surface area contributed by atoms with Gasteiger partial charge in [-0.05, 0) is 25.3 Å². The lowest BCUT2D eigenvalue weighted by molar-refractivity contribution is 0.584. The molecule has 0 radical (unpaired) electrons. The molecule has 4 heteroatoms. The van der Waals surface area contributed by atoms with Gasteiger partial charge in [0.1, 0.15) is 0 Å². The third-order valence-corrected chi connectivity index (χ3v) is 4.52. The van der Waals surface area contributed by atoms with Crippen LogP contribution >= 0.6 is 34.7 Å². The van der Waals surface area contributed by atoms with Gasteiger partial charge in [0.05, 0.1) is 4.34 Å². The molecule has 1 N–H and O–H groups in total. The average Bonchev–Trinajstić information content (AvgIpc) is 2.60. The van der Waals surface area contributed by atoms with Gasteiger partial charge in [-0.1, -0.05) is 18.5 Å². The molecule has 0 saturated carbocycles. The third kappa shape index (κ3) is 3.81. The summed E-state index contributed by atoms with van der Waals surface area (Å²) in [4.78, 5) is 1.31. The molecule has 0 aliphatic carbocycles. The second-order valence-electron chi connectivity index (χ2n) is 3.32. The number of thiophene rings is 1. The van der Waals surface area contributed by atoms with Crippen LogP contribution in [0.25, 0.3) is 0 Å². The van der Waals surface area contributed by atoms with Crippen LogP contribution in [0.15, 0.2) is 12.1 Å². The molecule has 0 amide bonds. The Hall–Kier alpha value is 0.300. The predicted octanol–water partition coefficient (Wildman–Crippen LogP) is 3.80. The van der Waals surface area contributed by atoms with Crippen molar-refractivity contribution in [3.8, 4) is 0 Å². The van der Waals surface area contributed by atoms with Crippen LogP contribution in [0.4, 0.5) is 0 Å². The molecule has 80 valence electrons. The molecule has 14 heavy (non-hydrogen) atoms. The predicted molar refractivity (Wildman–Crippen MR) is 68.7 cm³/mol. The van der Waals surface area contributed by atoms with Crippen molar-refractivity contribution >= 4 is 34.7 Å². The zero-order chi connectivity index (χ0) is 10.6. The van der Waals surface area contributed by atoms with Crippen LogP contribution in [0.2, 0.25) is 4.34 Å². The number of rotatable bonds is 5. The van der Waals surface area contributed by atoms with Gasteiger partial charge in [-0.25, -0.2) is 0 Å². The molecule has 1 aromatic rings. The first-order chi connectivity index (χ1) is 6.63. The van der Waals surface area contributed by atoms with Gasteiger partial charge in [0.25, 0.3) is 0 Å². The van der Waals surface area contributed by atoms with Crippen molar-refractivity contribution in [3.63, 3.8) is 0 Å². The van der Waals surface area contributed by atoms with Gasteiger partial charge >= 0.3 is 0 Å². The van der Waals surface area contributed by atoms with Crippen LogP contribution in [0.1, 0.15) is 24.8 Å². The Morgan fingerprint density at radius 1 is 1.50 bits per heavy atom. The normalized spacial score (nSPS) is 15.4. The van der Waals surface area contributed by atoms with Gasteiger partial charge < -0.3 is 5.32 Å². The molecular formula is C10H16ClNS2. The van der Waals surface area contributed by atoms with E-state index in [1.807, 2.05) is 17.8 Å². The van der Waals surface area contributed by atoms with Gasteiger partial charge in [0.15, 0.2) is 0 Å². The van der Waals surface area contributed by atoms with Crippen molar-refractivity contribution < 1.29 is 0 Å². The lowest BCUT2D eigenvalue weighted by Crippen LogP contribution is -2.25. The number of hydrogen-bond acceptors (Lipinski definition) is 3. The molecule has 0 spiro atoms. The maximum Gasteiger partial charge on any atom is 0.0931 e. The van der Waals surface area contributed by atoms with E-state index in [1.165, 1.54) is 4.88 Å². The van der Waals surface area contributed by atoms with Crippen LogP contribution in [0.3, 0.4) is 0 Å². The van der Waals surface area contributed by atoms with Gasteiger partial charge in [-0.3, -0.25) is 0 Å². The largest absolute Gasteiger partial charge is 0.308 e. The molecule has 0 bridgehead atoms. The molecular weight excluding hydrogens is 234 g/mol. The van der Waals surface area contributed by atoms with E-state index in [9.17, 15) is 0 Å². The Morgan fingerprint density at radius 2 is 2.21 bits per heavy atom. The summed E-state index contributed by atoms with van der Waals surface area (Å²) in [5.41, 5.74) is 0. The highest BCUT2D eigenvalue weighted by Crippen LogP contribution is 2.26. The maximum absolute atomic E-state index is 5.88. The van der Waals surface area contributed by atoms with E-state index in [2.05, 4.69) is 31.5 Å². The summed E-state index contributed by atoms with van der Waals surface area (Å²) in [5, 5.41) is 4.15. The first kappa shape index (κ1) is 12.4. The minimum atomic E-state index is 0.405. The molecule has 2 unspecified atom stereocenters. The fraction of sp³-hybridized carbons (Fsp3) is 0.600. The summed E-state index contributed by atoms with van der Waals surface area (Å²) < 4.78 is 0.867. The zero-order valence-corrected chi connectivity index (χ0v) is 11.1. The fourth-order valence-corrected chi connectivity index (χ4v) is 2.44. The molecule has 0 aliphatic heterocycles. The maximum atomic E-state index is 5.88.